The molecule has 5 rings (SSSR count). The van der Waals surface area contributed by atoms with E-state index in [4.69, 9.17) is 4.74 Å². The highest BCUT2D eigenvalue weighted by Crippen LogP contribution is 2.21. The van der Waals surface area contributed by atoms with E-state index < -0.39 is 5.97 Å². The lowest BCUT2D eigenvalue weighted by Crippen LogP contribution is -2.20. The molecular weight excluding hydrogens is 436 g/mol. The third-order valence-corrected chi connectivity index (χ3v) is 6.12. The van der Waals surface area contributed by atoms with Crippen LogP contribution in [0.15, 0.2) is 95.1 Å². The number of thiophene rings is 1. The van der Waals surface area contributed by atoms with Gasteiger partial charge in [-0.1, -0.05) is 30.3 Å². The predicted octanol–water partition coefficient (Wildman–Crippen LogP) is 5.07. The van der Waals surface area contributed by atoms with Crippen LogP contribution in [0.2, 0.25) is 0 Å². The molecule has 0 spiro atoms. The Hall–Kier alpha value is -4.23. The Balaban J connectivity index is 1.37. The molecular formula is C26H18N2O4S. The van der Waals surface area contributed by atoms with Gasteiger partial charge in [-0.25, -0.2) is 4.79 Å². The molecule has 0 atom stereocenters. The molecule has 0 bridgehead atoms. The molecule has 0 saturated carbocycles. The summed E-state index contributed by atoms with van der Waals surface area (Å²) in [5, 5.41) is 5.75. The van der Waals surface area contributed by atoms with Crippen LogP contribution in [0, 0.1) is 0 Å². The molecule has 0 radical (unpaired) electrons. The molecule has 1 amide bonds. The van der Waals surface area contributed by atoms with Crippen LogP contribution in [-0.2, 0) is 11.3 Å². The minimum atomic E-state index is -0.468. The van der Waals surface area contributed by atoms with Crippen molar-refractivity contribution >= 4 is 50.7 Å². The lowest BCUT2D eigenvalue weighted by molar-refractivity contribution is -0.134. The van der Waals surface area contributed by atoms with Gasteiger partial charge in [0.2, 0.25) is 0 Å². The first-order valence-electron chi connectivity index (χ1n) is 10.3. The van der Waals surface area contributed by atoms with E-state index in [-0.39, 0.29) is 17.9 Å². The van der Waals surface area contributed by atoms with E-state index in [2.05, 4.69) is 5.32 Å². The maximum absolute atomic E-state index is 12.8. The molecule has 7 heteroatoms. The summed E-state index contributed by atoms with van der Waals surface area (Å²) < 4.78 is 7.33. The summed E-state index contributed by atoms with van der Waals surface area (Å²) in [5.41, 5.74) is 1.88. The Morgan fingerprint density at radius 3 is 2.06 bits per heavy atom. The van der Waals surface area contributed by atoms with Crippen LogP contribution < -0.4 is 15.5 Å². The molecule has 162 valence electrons. The van der Waals surface area contributed by atoms with Gasteiger partial charge in [0.1, 0.15) is 12.3 Å². The summed E-state index contributed by atoms with van der Waals surface area (Å²) in [6, 6.07) is 24.6. The van der Waals surface area contributed by atoms with Gasteiger partial charge in [0.25, 0.3) is 5.91 Å². The van der Waals surface area contributed by atoms with Crippen LogP contribution in [-0.4, -0.2) is 16.4 Å². The van der Waals surface area contributed by atoms with Crippen molar-refractivity contribution in [1.29, 1.82) is 0 Å². The number of rotatable bonds is 5. The Morgan fingerprint density at radius 1 is 0.818 bits per heavy atom. The average Bonchev–Trinajstić information content (AvgIpc) is 3.38. The maximum Gasteiger partial charge on any atom is 0.331 e. The smallest absolute Gasteiger partial charge is 0.331 e. The van der Waals surface area contributed by atoms with Crippen molar-refractivity contribution in [1.82, 2.24) is 4.57 Å². The zero-order valence-electron chi connectivity index (χ0n) is 17.4. The lowest BCUT2D eigenvalue weighted by Gasteiger charge is -2.14. The largest absolute Gasteiger partial charge is 0.425 e. The van der Waals surface area contributed by atoms with Gasteiger partial charge in [0.15, 0.2) is 5.43 Å². The highest BCUT2D eigenvalue weighted by Gasteiger charge is 2.14. The summed E-state index contributed by atoms with van der Waals surface area (Å²) >= 11 is 1.36. The van der Waals surface area contributed by atoms with Crippen LogP contribution in [0.5, 0.6) is 5.75 Å². The molecule has 0 aliphatic carbocycles. The number of hydrogen-bond donors (Lipinski definition) is 1. The number of para-hydroxylation sites is 2. The number of aromatic nitrogens is 1. The second-order valence-electron chi connectivity index (χ2n) is 7.38. The fraction of sp³-hybridized carbons (Fsp3) is 0.0385. The van der Waals surface area contributed by atoms with Crippen LogP contribution in [0.3, 0.4) is 0 Å². The number of carbonyl (C=O) groups excluding carboxylic acids is 2. The Labute approximate surface area is 192 Å². The fourth-order valence-electron chi connectivity index (χ4n) is 3.75. The van der Waals surface area contributed by atoms with Crippen LogP contribution in [0.1, 0.15) is 9.67 Å². The van der Waals surface area contributed by atoms with Crippen molar-refractivity contribution in [3.05, 3.63) is 105 Å². The first kappa shape index (κ1) is 20.7. The van der Waals surface area contributed by atoms with Crippen LogP contribution in [0.25, 0.3) is 21.8 Å². The summed E-state index contributed by atoms with van der Waals surface area (Å²) in [5.74, 6) is -0.292. The molecule has 2 aromatic heterocycles. The number of nitrogens with one attached hydrogen (secondary N) is 1. The molecule has 6 nitrogen and oxygen atoms in total. The molecule has 0 saturated heterocycles. The van der Waals surface area contributed by atoms with E-state index in [0.717, 1.165) is 0 Å². The second kappa shape index (κ2) is 8.72. The van der Waals surface area contributed by atoms with E-state index >= 15 is 0 Å². The molecule has 0 unspecified atom stereocenters. The zero-order chi connectivity index (χ0) is 22.8. The minimum Gasteiger partial charge on any atom is -0.425 e. The quantitative estimate of drug-likeness (QED) is 0.228. The zero-order valence-corrected chi connectivity index (χ0v) is 18.2. The number of esters is 1. The highest BCUT2D eigenvalue weighted by molar-refractivity contribution is 7.12. The van der Waals surface area contributed by atoms with Crippen molar-refractivity contribution in [3.8, 4) is 5.75 Å². The third-order valence-electron chi connectivity index (χ3n) is 5.25. The number of amides is 1. The number of carbonyl (C=O) groups is 2. The van der Waals surface area contributed by atoms with Gasteiger partial charge in [-0.2, -0.15) is 0 Å². The third kappa shape index (κ3) is 4.14. The van der Waals surface area contributed by atoms with Gasteiger partial charge in [-0.3, -0.25) is 9.59 Å². The molecule has 3 aromatic carbocycles. The lowest BCUT2D eigenvalue weighted by atomic mass is 10.1. The Morgan fingerprint density at radius 2 is 1.45 bits per heavy atom. The molecule has 5 aromatic rings. The van der Waals surface area contributed by atoms with Crippen molar-refractivity contribution < 1.29 is 14.3 Å². The fourth-order valence-corrected chi connectivity index (χ4v) is 4.37. The van der Waals surface area contributed by atoms with Crippen LogP contribution >= 0.6 is 11.3 Å². The number of benzene rings is 3. The number of pyridine rings is 1. The predicted molar refractivity (Wildman–Crippen MR) is 130 cm³/mol. The summed E-state index contributed by atoms with van der Waals surface area (Å²) in [7, 11) is 0. The standard InChI is InChI=1S/C26H18N2O4S/c29-24(32-18-13-11-17(12-14-18)27-26(31)23-10-5-15-33-23)16-28-21-8-3-1-6-19(21)25(30)20-7-2-4-9-22(20)28/h1-15H,16H2,(H,27,31). The van der Waals surface area contributed by atoms with Crippen LogP contribution in [0.4, 0.5) is 5.69 Å². The maximum atomic E-state index is 12.8. The topological polar surface area (TPSA) is 77.4 Å². The van der Waals surface area contributed by atoms with Crippen molar-refractivity contribution in [2.45, 2.75) is 6.54 Å². The van der Waals surface area contributed by atoms with E-state index in [1.165, 1.54) is 11.3 Å². The highest BCUT2D eigenvalue weighted by atomic mass is 32.1. The molecule has 33 heavy (non-hydrogen) atoms. The molecule has 2 heterocycles. The Bertz CT molecular complexity index is 1480. The number of ether oxygens (including phenoxy) is 1. The van der Waals surface area contributed by atoms with E-state index in [9.17, 15) is 14.4 Å². The van der Waals surface area contributed by atoms with E-state index in [1.54, 1.807) is 59.2 Å². The molecule has 0 fully saturated rings. The first-order valence-corrected chi connectivity index (χ1v) is 11.1. The van der Waals surface area contributed by atoms with Gasteiger partial charge < -0.3 is 14.6 Å². The van der Waals surface area contributed by atoms with Crippen molar-refractivity contribution in [3.63, 3.8) is 0 Å². The van der Waals surface area contributed by atoms with E-state index in [0.29, 0.717) is 38.1 Å². The second-order valence-corrected chi connectivity index (χ2v) is 8.33. The van der Waals surface area contributed by atoms with Gasteiger partial charge >= 0.3 is 5.97 Å². The SMILES string of the molecule is O=C(Cn1c2ccccc2c(=O)c2ccccc21)Oc1ccc(NC(=O)c2cccs2)cc1. The number of nitrogens with zero attached hydrogens (tertiary/aromatic N) is 1. The monoisotopic (exact) mass is 454 g/mol. The summed E-state index contributed by atoms with van der Waals surface area (Å²) in [4.78, 5) is 38.4. The molecule has 0 aliphatic rings. The summed E-state index contributed by atoms with van der Waals surface area (Å²) in [6.45, 7) is -0.0574. The van der Waals surface area contributed by atoms with Gasteiger partial charge in [0.05, 0.1) is 15.9 Å². The van der Waals surface area contributed by atoms with Gasteiger partial charge in [-0.15, -0.1) is 11.3 Å². The Kier molecular flexibility index (Phi) is 5.46. The van der Waals surface area contributed by atoms with Crippen molar-refractivity contribution in [2.75, 3.05) is 5.32 Å². The van der Waals surface area contributed by atoms with Gasteiger partial charge in [0, 0.05) is 16.5 Å². The summed E-state index contributed by atoms with van der Waals surface area (Å²) in [6.07, 6.45) is 0. The minimum absolute atomic E-state index is 0.0574. The number of fused-ring (bicyclic) bond motifs is 2. The molecule has 0 aliphatic heterocycles. The van der Waals surface area contributed by atoms with Crippen molar-refractivity contribution in [2.24, 2.45) is 0 Å². The number of anilines is 1. The average molecular weight is 455 g/mol. The van der Waals surface area contributed by atoms with E-state index in [1.807, 2.05) is 35.7 Å². The van der Waals surface area contributed by atoms with Gasteiger partial charge in [-0.05, 0) is 60.0 Å². The number of hydrogen-bond acceptors (Lipinski definition) is 5. The first-order chi connectivity index (χ1) is 16.1. The molecule has 1 N–H and O–H groups in total. The normalized spacial score (nSPS) is 10.9.